The lowest BCUT2D eigenvalue weighted by Gasteiger charge is -2.06. The van der Waals surface area contributed by atoms with E-state index in [1.165, 1.54) is 18.3 Å². The second-order valence-corrected chi connectivity index (χ2v) is 5.15. The van der Waals surface area contributed by atoms with E-state index in [9.17, 15) is 14.7 Å². The highest BCUT2D eigenvalue weighted by molar-refractivity contribution is 7.71. The molecule has 2 aromatic rings. The molecule has 0 atom stereocenters. The predicted molar refractivity (Wildman–Crippen MR) is 91.0 cm³/mol. The van der Waals surface area contributed by atoms with E-state index >= 15 is 0 Å². The number of hydrogen-bond donors (Lipinski definition) is 4. The number of hydrazone groups is 1. The Hall–Kier alpha value is -2.94. The van der Waals surface area contributed by atoms with Crippen LogP contribution in [0.5, 0.6) is 11.5 Å². The topological polar surface area (TPSA) is 120 Å². The van der Waals surface area contributed by atoms with Gasteiger partial charge in [-0.25, -0.2) is 5.43 Å². The predicted octanol–water partition coefficient (Wildman–Crippen LogP) is 1.23. The van der Waals surface area contributed by atoms with Crippen LogP contribution in [0.2, 0.25) is 0 Å². The molecule has 0 unspecified atom stereocenters. The van der Waals surface area contributed by atoms with Crippen molar-refractivity contribution in [2.75, 3.05) is 6.61 Å². The second kappa shape index (κ2) is 8.06. The maximum Gasteiger partial charge on any atom is 0.251 e. The summed E-state index contributed by atoms with van der Waals surface area (Å²) in [5.41, 5.74) is 3.00. The molecule has 8 nitrogen and oxygen atoms in total. The van der Waals surface area contributed by atoms with E-state index in [0.717, 1.165) is 0 Å². The molecule has 0 aliphatic carbocycles. The molecular weight excluding hydrogens is 332 g/mol. The fraction of sp³-hybridized carbons (Fsp3) is 0.200. The van der Waals surface area contributed by atoms with Crippen LogP contribution >= 0.6 is 12.2 Å². The van der Waals surface area contributed by atoms with Crippen molar-refractivity contribution >= 4 is 24.3 Å². The molecule has 1 aromatic heterocycles. The molecule has 0 saturated heterocycles. The summed E-state index contributed by atoms with van der Waals surface area (Å²) in [6, 6.07) is 5.96. The number of aromatic amines is 2. The zero-order valence-corrected chi connectivity index (χ0v) is 13.6. The summed E-state index contributed by atoms with van der Waals surface area (Å²) in [6.07, 6.45) is 1.35. The van der Waals surface area contributed by atoms with Gasteiger partial charge in [0.2, 0.25) is 5.91 Å². The van der Waals surface area contributed by atoms with Crippen molar-refractivity contribution in [2.45, 2.75) is 13.3 Å². The van der Waals surface area contributed by atoms with Gasteiger partial charge in [-0.2, -0.15) is 5.10 Å². The molecule has 24 heavy (non-hydrogen) atoms. The molecule has 1 aromatic carbocycles. The number of aromatic hydroxyl groups is 1. The van der Waals surface area contributed by atoms with Gasteiger partial charge in [-0.15, -0.1) is 0 Å². The number of phenols is 1. The summed E-state index contributed by atoms with van der Waals surface area (Å²) < 4.78 is 5.41. The normalized spacial score (nSPS) is 10.7. The molecule has 2 rings (SSSR count). The minimum absolute atomic E-state index is 0.0302. The standard InChI is InChI=1S/C15H16N4O4S/c1-2-23-12-5-9(3-4-11(12)20)8-16-19-14(22)7-10-6-13(21)18-15(24)17-10/h3-6,8,20H,2,7H2,1H3,(H,19,22)(H2,17,18,21,24)/b16-8+. The first-order chi connectivity index (χ1) is 11.5. The molecule has 0 bridgehead atoms. The third kappa shape index (κ3) is 5.06. The van der Waals surface area contributed by atoms with Crippen molar-refractivity contribution < 1.29 is 14.6 Å². The smallest absolute Gasteiger partial charge is 0.251 e. The molecule has 0 fully saturated rings. The maximum atomic E-state index is 11.8. The number of amides is 1. The van der Waals surface area contributed by atoms with Gasteiger partial charge in [-0.1, -0.05) is 0 Å². The molecule has 126 valence electrons. The summed E-state index contributed by atoms with van der Waals surface area (Å²) in [5.74, 6) is -0.0437. The number of carbonyl (C=O) groups is 1. The number of aromatic nitrogens is 2. The van der Waals surface area contributed by atoms with E-state index in [2.05, 4.69) is 20.5 Å². The number of nitrogens with one attached hydrogen (secondary N) is 3. The zero-order chi connectivity index (χ0) is 17.5. The Bertz CT molecular complexity index is 844. The molecule has 0 saturated carbocycles. The summed E-state index contributed by atoms with van der Waals surface area (Å²) in [5, 5.41) is 13.4. The number of rotatable bonds is 6. The molecule has 0 aliphatic rings. The number of H-pyrrole nitrogens is 2. The van der Waals surface area contributed by atoms with E-state index in [1.54, 1.807) is 19.1 Å². The van der Waals surface area contributed by atoms with E-state index < -0.39 is 5.91 Å². The van der Waals surface area contributed by atoms with Crippen molar-refractivity contribution in [3.05, 3.63) is 50.6 Å². The molecule has 0 aliphatic heterocycles. The van der Waals surface area contributed by atoms with Gasteiger partial charge in [0.05, 0.1) is 19.2 Å². The van der Waals surface area contributed by atoms with Crippen LogP contribution in [0.3, 0.4) is 0 Å². The van der Waals surface area contributed by atoms with E-state index in [-0.39, 0.29) is 22.5 Å². The van der Waals surface area contributed by atoms with Crippen molar-refractivity contribution in [1.29, 1.82) is 0 Å². The molecular formula is C15H16N4O4S. The Morgan fingerprint density at radius 2 is 2.21 bits per heavy atom. The highest BCUT2D eigenvalue weighted by Crippen LogP contribution is 2.26. The van der Waals surface area contributed by atoms with Gasteiger partial charge < -0.3 is 14.8 Å². The first kappa shape index (κ1) is 17.4. The van der Waals surface area contributed by atoms with Gasteiger partial charge in [0.15, 0.2) is 16.3 Å². The molecule has 4 N–H and O–H groups in total. The van der Waals surface area contributed by atoms with E-state index in [4.69, 9.17) is 17.0 Å². The average Bonchev–Trinajstić information content (AvgIpc) is 2.49. The van der Waals surface area contributed by atoms with Crippen LogP contribution < -0.4 is 15.7 Å². The van der Waals surface area contributed by atoms with Crippen LogP contribution in [0.15, 0.2) is 34.2 Å². The fourth-order valence-electron chi connectivity index (χ4n) is 1.89. The van der Waals surface area contributed by atoms with Gasteiger partial charge in [0.25, 0.3) is 5.56 Å². The van der Waals surface area contributed by atoms with Crippen molar-refractivity contribution in [1.82, 2.24) is 15.4 Å². The Morgan fingerprint density at radius 3 is 2.92 bits per heavy atom. The van der Waals surface area contributed by atoms with Gasteiger partial charge in [0.1, 0.15) is 0 Å². The zero-order valence-electron chi connectivity index (χ0n) is 12.8. The third-order valence-electron chi connectivity index (χ3n) is 2.85. The summed E-state index contributed by atoms with van der Waals surface area (Å²) in [7, 11) is 0. The molecule has 1 heterocycles. The van der Waals surface area contributed by atoms with Gasteiger partial charge in [0, 0.05) is 11.8 Å². The van der Waals surface area contributed by atoms with Crippen LogP contribution in [0.1, 0.15) is 18.2 Å². The summed E-state index contributed by atoms with van der Waals surface area (Å²) >= 11 is 4.83. The average molecular weight is 348 g/mol. The van der Waals surface area contributed by atoms with Crippen molar-refractivity contribution in [3.8, 4) is 11.5 Å². The van der Waals surface area contributed by atoms with Crippen LogP contribution in [0.4, 0.5) is 0 Å². The Balaban J connectivity index is 1.98. The maximum absolute atomic E-state index is 11.8. The minimum atomic E-state index is -0.411. The minimum Gasteiger partial charge on any atom is -0.504 e. The summed E-state index contributed by atoms with van der Waals surface area (Å²) in [6.45, 7) is 2.22. The Morgan fingerprint density at radius 1 is 1.42 bits per heavy atom. The first-order valence-corrected chi connectivity index (χ1v) is 7.49. The fourth-order valence-corrected chi connectivity index (χ4v) is 2.12. The van der Waals surface area contributed by atoms with Crippen molar-refractivity contribution in [2.24, 2.45) is 5.10 Å². The van der Waals surface area contributed by atoms with E-state index in [1.807, 2.05) is 0 Å². The lowest BCUT2D eigenvalue weighted by molar-refractivity contribution is -0.120. The summed E-state index contributed by atoms with van der Waals surface area (Å²) in [4.78, 5) is 28.2. The largest absolute Gasteiger partial charge is 0.504 e. The quantitative estimate of drug-likeness (QED) is 0.356. The van der Waals surface area contributed by atoms with Gasteiger partial charge >= 0.3 is 0 Å². The SMILES string of the molecule is CCOc1cc(/C=N/NC(=O)Cc2cc(=O)[nH]c(=S)[nH]2)ccc1O. The monoisotopic (exact) mass is 348 g/mol. The van der Waals surface area contributed by atoms with E-state index in [0.29, 0.717) is 23.6 Å². The molecule has 9 heteroatoms. The highest BCUT2D eigenvalue weighted by atomic mass is 32.1. The lowest BCUT2D eigenvalue weighted by Crippen LogP contribution is -2.21. The van der Waals surface area contributed by atoms with Crippen LogP contribution in [0.25, 0.3) is 0 Å². The first-order valence-electron chi connectivity index (χ1n) is 7.08. The Labute approximate surface area is 142 Å². The van der Waals surface area contributed by atoms with Gasteiger partial charge in [-0.05, 0) is 42.9 Å². The third-order valence-corrected chi connectivity index (χ3v) is 3.06. The number of benzene rings is 1. The van der Waals surface area contributed by atoms with Crippen LogP contribution in [0, 0.1) is 4.77 Å². The number of nitrogens with zero attached hydrogens (tertiary/aromatic N) is 1. The second-order valence-electron chi connectivity index (χ2n) is 4.74. The van der Waals surface area contributed by atoms with Crippen molar-refractivity contribution in [3.63, 3.8) is 0 Å². The lowest BCUT2D eigenvalue weighted by atomic mass is 10.2. The molecule has 0 radical (unpaired) electrons. The Kier molecular flexibility index (Phi) is 5.85. The molecule has 0 spiro atoms. The highest BCUT2D eigenvalue weighted by Gasteiger charge is 2.04. The van der Waals surface area contributed by atoms with Gasteiger partial charge in [-0.3, -0.25) is 14.6 Å². The number of carbonyl (C=O) groups excluding carboxylic acids is 1. The number of ether oxygens (including phenoxy) is 1. The molecule has 1 amide bonds. The van der Waals surface area contributed by atoms with Crippen LogP contribution in [-0.2, 0) is 11.2 Å². The van der Waals surface area contributed by atoms with Crippen LogP contribution in [-0.4, -0.2) is 33.8 Å². The number of phenolic OH excluding ortho intramolecular Hbond substituents is 1. The number of hydrogen-bond acceptors (Lipinski definition) is 6.